The van der Waals surface area contributed by atoms with Crippen molar-refractivity contribution in [3.63, 3.8) is 0 Å². The molecule has 5 aromatic carbocycles. The van der Waals surface area contributed by atoms with Crippen LogP contribution in [-0.4, -0.2) is 70.3 Å². The van der Waals surface area contributed by atoms with E-state index in [4.69, 9.17) is 14.2 Å². The molecule has 7 rings (SSSR count). The number of amides is 1. The number of rotatable bonds is 18. The van der Waals surface area contributed by atoms with Gasteiger partial charge >= 0.3 is 217 Å². The molecule has 1 aliphatic heterocycles. The van der Waals surface area contributed by atoms with Crippen molar-refractivity contribution >= 4 is 86.9 Å². The van der Waals surface area contributed by atoms with Crippen LogP contribution in [0.15, 0.2) is 126 Å². The van der Waals surface area contributed by atoms with Crippen molar-refractivity contribution < 1.29 is 34.0 Å². The molecule has 1 atom stereocenters. The van der Waals surface area contributed by atoms with Crippen LogP contribution >= 0.6 is 43.9 Å². The number of nitrogens with one attached hydrogen (secondary N) is 1. The Morgan fingerprint density at radius 2 is 1.45 bits per heavy atom. The van der Waals surface area contributed by atoms with Crippen LogP contribution in [0.4, 0.5) is 0 Å². The molecule has 0 fully saturated rings. The Morgan fingerprint density at radius 1 is 0.828 bits per heavy atom. The van der Waals surface area contributed by atoms with E-state index in [1.54, 1.807) is 6.07 Å². The first-order valence-electron chi connectivity index (χ1n) is 18.9. The SMILES string of the molecule is COc1cc(Oc2ccc3nc(C4=N[C@@H](C(=O)O)CS4)sc3c2)cc(OCC(=O)NCCCCCCP(Br)(c2ccccc2)(c2ccccc2)c2ccccc2)c1O. The van der Waals surface area contributed by atoms with Crippen molar-refractivity contribution in [2.75, 3.05) is 32.2 Å². The summed E-state index contributed by atoms with van der Waals surface area (Å²) in [6, 6.07) is 40.0. The van der Waals surface area contributed by atoms with Gasteiger partial charge in [-0.05, 0) is 12.1 Å². The molecule has 0 saturated carbocycles. The summed E-state index contributed by atoms with van der Waals surface area (Å²) in [5, 5.41) is 25.2. The van der Waals surface area contributed by atoms with Gasteiger partial charge in [-0.25, -0.2) is 9.78 Å². The summed E-state index contributed by atoms with van der Waals surface area (Å²) in [6.07, 6.45) is 4.73. The summed E-state index contributed by atoms with van der Waals surface area (Å²) in [5.74, 6) is -0.118. The molecule has 0 aliphatic carbocycles. The average Bonchev–Trinajstić information content (AvgIpc) is 3.93. The number of hydrogen-bond acceptors (Lipinski definition) is 10. The van der Waals surface area contributed by atoms with Crippen molar-refractivity contribution in [1.82, 2.24) is 10.3 Å². The number of aliphatic carboxylic acids is 1. The molecule has 0 bridgehead atoms. The van der Waals surface area contributed by atoms with E-state index < -0.39 is 17.3 Å². The van der Waals surface area contributed by atoms with E-state index in [1.165, 1.54) is 58.3 Å². The summed E-state index contributed by atoms with van der Waals surface area (Å²) >= 11 is 7.30. The van der Waals surface area contributed by atoms with Crippen molar-refractivity contribution in [1.29, 1.82) is 0 Å². The molecule has 6 aromatic rings. The predicted octanol–water partition coefficient (Wildman–Crippen LogP) is 8.64. The fourth-order valence-electron chi connectivity index (χ4n) is 7.06. The molecule has 0 spiro atoms. The maximum atomic E-state index is 12.8. The van der Waals surface area contributed by atoms with Gasteiger partial charge in [0.15, 0.2) is 11.8 Å². The van der Waals surface area contributed by atoms with E-state index >= 15 is 0 Å². The van der Waals surface area contributed by atoms with Gasteiger partial charge in [-0.15, -0.1) is 23.1 Å². The predicted molar refractivity (Wildman–Crippen MR) is 241 cm³/mol. The van der Waals surface area contributed by atoms with Crippen LogP contribution in [0.5, 0.6) is 28.7 Å². The number of aliphatic imine (C=N–C) groups is 1. The maximum absolute atomic E-state index is 12.8. The number of carboxylic acids is 1. The van der Waals surface area contributed by atoms with Crippen LogP contribution in [0.2, 0.25) is 0 Å². The molecule has 2 heterocycles. The number of phenols is 1. The number of thiazole rings is 1. The number of unbranched alkanes of at least 4 members (excludes halogenated alkanes) is 3. The Hall–Kier alpha value is -4.94. The second-order valence-electron chi connectivity index (χ2n) is 13.8. The van der Waals surface area contributed by atoms with E-state index in [2.05, 4.69) is 122 Å². The average molecular weight is 901 g/mol. The second-order valence-corrected chi connectivity index (χ2v) is 24.9. The number of carbonyl (C=O) groups excluding carboxylic acids is 1. The summed E-state index contributed by atoms with van der Waals surface area (Å²) < 4.78 is 18.1. The molecular formula is C44H43BrN3O7PS2. The molecule has 3 N–H and O–H groups in total. The van der Waals surface area contributed by atoms with E-state index in [-0.39, 0.29) is 29.8 Å². The molecular weight excluding hydrogens is 858 g/mol. The summed E-state index contributed by atoms with van der Waals surface area (Å²) in [7, 11) is 1.42. The molecule has 58 heavy (non-hydrogen) atoms. The first-order valence-corrected chi connectivity index (χ1v) is 25.1. The zero-order valence-electron chi connectivity index (χ0n) is 31.8. The minimum atomic E-state index is -2.96. The number of hydrogen-bond donors (Lipinski definition) is 3. The number of halogens is 1. The van der Waals surface area contributed by atoms with Gasteiger partial charge in [0.25, 0.3) is 0 Å². The number of benzene rings is 5. The summed E-state index contributed by atoms with van der Waals surface area (Å²) in [5.41, 5.74) is 0.734. The van der Waals surface area contributed by atoms with Gasteiger partial charge in [0.1, 0.15) is 21.6 Å². The van der Waals surface area contributed by atoms with Crippen molar-refractivity contribution in [3.8, 4) is 28.7 Å². The van der Waals surface area contributed by atoms with Crippen molar-refractivity contribution in [2.24, 2.45) is 4.99 Å². The van der Waals surface area contributed by atoms with Gasteiger partial charge in [-0.1, -0.05) is 0 Å². The third kappa shape index (κ3) is 8.88. The number of aromatic hydroxyl groups is 1. The van der Waals surface area contributed by atoms with Crippen LogP contribution in [-0.2, 0) is 9.59 Å². The molecule has 0 unspecified atom stereocenters. The summed E-state index contributed by atoms with van der Waals surface area (Å²) in [6.45, 7) is 0.201. The third-order valence-corrected chi connectivity index (χ3v) is 22.3. The topological polar surface area (TPSA) is 140 Å². The van der Waals surface area contributed by atoms with Gasteiger partial charge < -0.3 is 19.7 Å². The number of phenolic OH excluding ortho intramolecular Hbond substituents is 1. The van der Waals surface area contributed by atoms with Gasteiger partial charge in [-0.2, -0.15) is 0 Å². The number of methoxy groups -OCH3 is 1. The van der Waals surface area contributed by atoms with Crippen LogP contribution in [0, 0.1) is 0 Å². The first-order chi connectivity index (χ1) is 28.2. The third-order valence-electron chi connectivity index (χ3n) is 10.0. The van der Waals surface area contributed by atoms with Crippen molar-refractivity contribution in [2.45, 2.75) is 31.7 Å². The molecule has 1 amide bonds. The Morgan fingerprint density at radius 3 is 2.05 bits per heavy atom. The number of aromatic nitrogens is 1. The molecule has 0 radical (unpaired) electrons. The molecule has 0 saturated heterocycles. The van der Waals surface area contributed by atoms with Gasteiger partial charge in [0.05, 0.1) is 17.3 Å². The second kappa shape index (κ2) is 18.3. The number of carbonyl (C=O) groups is 2. The normalized spacial score (nSPS) is 14.6. The van der Waals surface area contributed by atoms with E-state index in [0.29, 0.717) is 33.8 Å². The first kappa shape index (κ1) is 41.2. The number of thioether (sulfide) groups is 1. The fraction of sp³-hybridized carbons (Fsp3) is 0.227. The van der Waals surface area contributed by atoms with E-state index in [1.807, 2.05) is 12.1 Å². The number of nitrogens with zero attached hydrogens (tertiary/aromatic N) is 2. The van der Waals surface area contributed by atoms with Crippen LogP contribution in [0.3, 0.4) is 0 Å². The quantitative estimate of drug-likeness (QED) is 0.0572. The minimum Gasteiger partial charge on any atom is -0.502 e. The molecule has 1 aromatic heterocycles. The zero-order chi connectivity index (χ0) is 40.6. The van der Waals surface area contributed by atoms with E-state index in [9.17, 15) is 19.8 Å². The zero-order valence-corrected chi connectivity index (χ0v) is 35.9. The molecule has 14 heteroatoms. The van der Waals surface area contributed by atoms with Crippen LogP contribution < -0.4 is 35.4 Å². The Bertz CT molecular complexity index is 2320. The smallest absolute Gasteiger partial charge is 0.502 e. The fourth-order valence-corrected chi connectivity index (χ4v) is 16.9. The number of ether oxygens (including phenoxy) is 3. The van der Waals surface area contributed by atoms with Gasteiger partial charge in [0.2, 0.25) is 0 Å². The Labute approximate surface area is 353 Å². The molecule has 1 aliphatic rings. The Balaban J connectivity index is 0.925. The monoisotopic (exact) mass is 899 g/mol. The summed E-state index contributed by atoms with van der Waals surface area (Å²) in [4.78, 5) is 33.1. The number of carboxylic acid groups (broad SMARTS) is 1. The van der Waals surface area contributed by atoms with Crippen LogP contribution in [0.25, 0.3) is 10.2 Å². The van der Waals surface area contributed by atoms with Crippen LogP contribution in [0.1, 0.15) is 30.7 Å². The molecule has 10 nitrogen and oxygen atoms in total. The van der Waals surface area contributed by atoms with Gasteiger partial charge in [0, 0.05) is 17.9 Å². The van der Waals surface area contributed by atoms with Crippen molar-refractivity contribution in [3.05, 3.63) is 126 Å². The standard InChI is InChI=1S/C44H43BrN3O7PS2/c1-53-37-25-31(55-30-21-22-35-39(27-30)58-43(47-35)42-48-36(29-57-42)44(51)52)26-38(41(37)50)54-28-40(49)46-23-13-2-3-14-24-56(45,32-15-7-4-8-16-32,33-17-9-5-10-18-33)34-19-11-6-12-20-34/h4-12,15-22,25-27,36,50H,2-3,13-14,23-24,28-29H2,1H3,(H,46,49)(H,51,52)/t36-/m1/s1. The minimum absolute atomic E-state index is 0.0428. The van der Waals surface area contributed by atoms with Gasteiger partial charge in [-0.3, -0.25) is 4.99 Å². The number of fused-ring (bicyclic) bond motifs is 1. The van der Waals surface area contributed by atoms with E-state index in [0.717, 1.165) is 42.1 Å². The molecule has 300 valence electrons. The Kier molecular flexibility index (Phi) is 13.0.